The summed E-state index contributed by atoms with van der Waals surface area (Å²) in [5.74, 6) is -0.226. The van der Waals surface area contributed by atoms with Crippen LogP contribution in [0, 0.1) is 0 Å². The lowest BCUT2D eigenvalue weighted by Crippen LogP contribution is -2.17. The van der Waals surface area contributed by atoms with Gasteiger partial charge in [-0.25, -0.2) is 4.79 Å². The number of unbranched alkanes of at least 4 members (excludes halogenated alkanes) is 9. The highest BCUT2D eigenvalue weighted by atomic mass is 16.5. The standard InChI is InChI=1S/C21H35NO2/c1-3-5-6-7-8-9-10-11-12-13-14-20(4-2)24-21(23)19-15-17-22-18-16-19/h15-18,20H,3-14H2,1-2H3. The van der Waals surface area contributed by atoms with Crippen LogP contribution in [0.4, 0.5) is 0 Å². The van der Waals surface area contributed by atoms with Crippen molar-refractivity contribution in [1.29, 1.82) is 0 Å². The van der Waals surface area contributed by atoms with E-state index < -0.39 is 0 Å². The first-order valence-corrected chi connectivity index (χ1v) is 9.89. The molecule has 0 aliphatic rings. The summed E-state index contributed by atoms with van der Waals surface area (Å²) < 4.78 is 5.60. The van der Waals surface area contributed by atoms with Gasteiger partial charge in [-0.3, -0.25) is 4.98 Å². The maximum Gasteiger partial charge on any atom is 0.338 e. The van der Waals surface area contributed by atoms with Crippen molar-refractivity contribution in [2.75, 3.05) is 0 Å². The molecule has 1 heterocycles. The van der Waals surface area contributed by atoms with Crippen molar-refractivity contribution in [2.45, 2.75) is 97.0 Å². The first kappa shape index (κ1) is 20.7. The summed E-state index contributed by atoms with van der Waals surface area (Å²) in [7, 11) is 0. The summed E-state index contributed by atoms with van der Waals surface area (Å²) in [5.41, 5.74) is 0.589. The van der Waals surface area contributed by atoms with E-state index in [1.807, 2.05) is 0 Å². The monoisotopic (exact) mass is 333 g/mol. The second-order valence-electron chi connectivity index (χ2n) is 6.64. The Balaban J connectivity index is 2.05. The number of carbonyl (C=O) groups excluding carboxylic acids is 1. The minimum atomic E-state index is -0.226. The highest BCUT2D eigenvalue weighted by Gasteiger charge is 2.13. The Labute approximate surface area is 148 Å². The summed E-state index contributed by atoms with van der Waals surface area (Å²) >= 11 is 0. The van der Waals surface area contributed by atoms with E-state index in [2.05, 4.69) is 18.8 Å². The molecular formula is C21H35NO2. The Kier molecular flexibility index (Phi) is 12.1. The van der Waals surface area contributed by atoms with Gasteiger partial charge in [-0.15, -0.1) is 0 Å². The number of hydrogen-bond acceptors (Lipinski definition) is 3. The molecule has 1 aromatic heterocycles. The van der Waals surface area contributed by atoms with Crippen molar-refractivity contribution in [3.05, 3.63) is 30.1 Å². The third kappa shape index (κ3) is 9.69. The van der Waals surface area contributed by atoms with Gasteiger partial charge in [0, 0.05) is 12.4 Å². The third-order valence-corrected chi connectivity index (χ3v) is 4.52. The summed E-state index contributed by atoms with van der Waals surface area (Å²) in [6.07, 6.45) is 18.5. The Bertz CT molecular complexity index is 419. The number of carbonyl (C=O) groups is 1. The van der Waals surface area contributed by atoms with E-state index in [1.54, 1.807) is 24.5 Å². The quantitative estimate of drug-likeness (QED) is 0.295. The molecule has 1 unspecified atom stereocenters. The number of pyridine rings is 1. The van der Waals surface area contributed by atoms with Crippen LogP contribution in [0.25, 0.3) is 0 Å². The molecule has 0 spiro atoms. The topological polar surface area (TPSA) is 39.2 Å². The zero-order valence-corrected chi connectivity index (χ0v) is 15.6. The van der Waals surface area contributed by atoms with Crippen LogP contribution in [0.1, 0.15) is 101 Å². The fraction of sp³-hybridized carbons (Fsp3) is 0.714. The molecule has 3 heteroatoms. The van der Waals surface area contributed by atoms with Gasteiger partial charge in [-0.1, -0.05) is 71.6 Å². The van der Waals surface area contributed by atoms with Gasteiger partial charge >= 0.3 is 5.97 Å². The maximum atomic E-state index is 12.0. The van der Waals surface area contributed by atoms with Crippen molar-refractivity contribution >= 4 is 5.97 Å². The molecule has 0 N–H and O–H groups in total. The molecule has 0 fully saturated rings. The second kappa shape index (κ2) is 14.0. The number of nitrogens with zero attached hydrogens (tertiary/aromatic N) is 1. The normalized spacial score (nSPS) is 12.1. The molecule has 0 amide bonds. The van der Waals surface area contributed by atoms with Gasteiger partial charge in [0.25, 0.3) is 0 Å². The van der Waals surface area contributed by atoms with Crippen molar-refractivity contribution in [3.8, 4) is 0 Å². The zero-order valence-electron chi connectivity index (χ0n) is 15.6. The lowest BCUT2D eigenvalue weighted by atomic mass is 10.0. The van der Waals surface area contributed by atoms with Gasteiger partial charge in [0.15, 0.2) is 0 Å². The van der Waals surface area contributed by atoms with Crippen LogP contribution in [-0.4, -0.2) is 17.1 Å². The maximum absolute atomic E-state index is 12.0. The van der Waals surface area contributed by atoms with E-state index in [9.17, 15) is 4.79 Å². The molecule has 24 heavy (non-hydrogen) atoms. The van der Waals surface area contributed by atoms with E-state index in [0.29, 0.717) is 5.56 Å². The Morgan fingerprint density at radius 3 is 2.00 bits per heavy atom. The minimum Gasteiger partial charge on any atom is -0.459 e. The Morgan fingerprint density at radius 1 is 0.917 bits per heavy atom. The molecule has 1 rings (SSSR count). The van der Waals surface area contributed by atoms with E-state index in [1.165, 1.54) is 57.8 Å². The fourth-order valence-corrected chi connectivity index (χ4v) is 2.91. The molecule has 0 saturated heterocycles. The summed E-state index contributed by atoms with van der Waals surface area (Å²) in [5, 5.41) is 0. The first-order valence-electron chi connectivity index (χ1n) is 9.89. The summed E-state index contributed by atoms with van der Waals surface area (Å²) in [6.45, 7) is 4.35. The highest BCUT2D eigenvalue weighted by Crippen LogP contribution is 2.15. The lowest BCUT2D eigenvalue weighted by Gasteiger charge is -2.16. The predicted molar refractivity (Wildman–Crippen MR) is 100 cm³/mol. The van der Waals surface area contributed by atoms with Gasteiger partial charge in [-0.2, -0.15) is 0 Å². The fourth-order valence-electron chi connectivity index (χ4n) is 2.91. The molecule has 0 bridgehead atoms. The molecule has 1 aromatic rings. The molecule has 136 valence electrons. The molecule has 0 aliphatic heterocycles. The molecular weight excluding hydrogens is 298 g/mol. The van der Waals surface area contributed by atoms with Crippen molar-refractivity contribution < 1.29 is 9.53 Å². The van der Waals surface area contributed by atoms with Gasteiger partial charge in [0.1, 0.15) is 6.10 Å². The van der Waals surface area contributed by atoms with E-state index in [-0.39, 0.29) is 12.1 Å². The van der Waals surface area contributed by atoms with E-state index in [4.69, 9.17) is 4.74 Å². The van der Waals surface area contributed by atoms with Crippen LogP contribution < -0.4 is 0 Å². The Morgan fingerprint density at radius 2 is 1.46 bits per heavy atom. The van der Waals surface area contributed by atoms with Crippen molar-refractivity contribution in [1.82, 2.24) is 4.98 Å². The van der Waals surface area contributed by atoms with E-state index in [0.717, 1.165) is 19.3 Å². The first-order chi connectivity index (χ1) is 11.8. The molecule has 1 atom stereocenters. The average molecular weight is 334 g/mol. The van der Waals surface area contributed by atoms with Crippen LogP contribution in [0.15, 0.2) is 24.5 Å². The van der Waals surface area contributed by atoms with Crippen molar-refractivity contribution in [3.63, 3.8) is 0 Å². The highest BCUT2D eigenvalue weighted by molar-refractivity contribution is 5.89. The summed E-state index contributed by atoms with van der Waals surface area (Å²) in [6, 6.07) is 3.41. The summed E-state index contributed by atoms with van der Waals surface area (Å²) in [4.78, 5) is 16.0. The number of aromatic nitrogens is 1. The molecule has 3 nitrogen and oxygen atoms in total. The molecule has 0 radical (unpaired) electrons. The molecule has 0 aromatic carbocycles. The van der Waals surface area contributed by atoms with Crippen LogP contribution in [0.5, 0.6) is 0 Å². The zero-order chi connectivity index (χ0) is 17.5. The van der Waals surface area contributed by atoms with Crippen LogP contribution in [0.2, 0.25) is 0 Å². The number of rotatable bonds is 14. The second-order valence-corrected chi connectivity index (χ2v) is 6.64. The molecule has 0 saturated carbocycles. The number of ether oxygens (including phenoxy) is 1. The third-order valence-electron chi connectivity index (χ3n) is 4.52. The van der Waals surface area contributed by atoms with Gasteiger partial charge in [-0.05, 0) is 31.4 Å². The predicted octanol–water partition coefficient (Wildman–Crippen LogP) is 6.33. The van der Waals surface area contributed by atoms with Gasteiger partial charge in [0.05, 0.1) is 5.56 Å². The average Bonchev–Trinajstić information content (AvgIpc) is 2.62. The van der Waals surface area contributed by atoms with Crippen LogP contribution in [0.3, 0.4) is 0 Å². The Hall–Kier alpha value is -1.38. The number of hydrogen-bond donors (Lipinski definition) is 0. The van der Waals surface area contributed by atoms with Crippen LogP contribution >= 0.6 is 0 Å². The van der Waals surface area contributed by atoms with Crippen molar-refractivity contribution in [2.24, 2.45) is 0 Å². The number of esters is 1. The smallest absolute Gasteiger partial charge is 0.338 e. The van der Waals surface area contributed by atoms with E-state index >= 15 is 0 Å². The van der Waals surface area contributed by atoms with Crippen LogP contribution in [-0.2, 0) is 4.74 Å². The lowest BCUT2D eigenvalue weighted by molar-refractivity contribution is 0.0267. The molecule has 0 aliphatic carbocycles. The minimum absolute atomic E-state index is 0.0414. The van der Waals surface area contributed by atoms with Gasteiger partial charge in [0.2, 0.25) is 0 Å². The van der Waals surface area contributed by atoms with Gasteiger partial charge < -0.3 is 4.74 Å². The largest absolute Gasteiger partial charge is 0.459 e. The SMILES string of the molecule is CCCCCCCCCCCCC(CC)OC(=O)c1ccncc1.